The molecule has 0 bridgehead atoms. The Hall–Kier alpha value is -5.13. The van der Waals surface area contributed by atoms with E-state index in [1.54, 1.807) is 0 Å². The molecule has 4 aromatic heterocycles. The molecule has 0 saturated heterocycles. The third kappa shape index (κ3) is 4.64. The van der Waals surface area contributed by atoms with E-state index < -0.39 is 11.9 Å². The number of ether oxygens (including phenoxy) is 1. The number of hydrogen-bond acceptors (Lipinski definition) is 10. The molecular formula is C21H12N6O6. The first-order valence-electron chi connectivity index (χ1n) is 9.17. The van der Waals surface area contributed by atoms with Crippen molar-refractivity contribution >= 4 is 18.4 Å². The molecular weight excluding hydrogens is 432 g/mol. The van der Waals surface area contributed by atoms with Gasteiger partial charge in [0.2, 0.25) is 0 Å². The maximum atomic E-state index is 11.1. The fourth-order valence-corrected chi connectivity index (χ4v) is 2.66. The second-order valence-corrected chi connectivity index (χ2v) is 6.37. The molecule has 0 atom stereocenters. The van der Waals surface area contributed by atoms with Gasteiger partial charge < -0.3 is 14.9 Å². The van der Waals surface area contributed by atoms with E-state index in [0.29, 0.717) is 5.69 Å². The fourth-order valence-electron chi connectivity index (χ4n) is 2.66. The van der Waals surface area contributed by atoms with E-state index in [2.05, 4.69) is 29.9 Å². The molecule has 0 aliphatic heterocycles. The number of hydrogen-bond donors (Lipinski definition) is 2. The zero-order valence-electron chi connectivity index (χ0n) is 16.5. The second kappa shape index (κ2) is 8.93. The van der Waals surface area contributed by atoms with Gasteiger partial charge in [-0.3, -0.25) is 14.8 Å². The maximum absolute atomic E-state index is 11.1. The molecule has 4 rings (SSSR count). The summed E-state index contributed by atoms with van der Waals surface area (Å²) in [6, 6.07) is 8.64. The van der Waals surface area contributed by atoms with Gasteiger partial charge in [0.1, 0.15) is 22.8 Å². The normalized spacial score (nSPS) is 10.4. The van der Waals surface area contributed by atoms with Crippen molar-refractivity contribution in [3.63, 3.8) is 0 Å². The lowest BCUT2D eigenvalue weighted by atomic mass is 10.2. The molecule has 0 spiro atoms. The van der Waals surface area contributed by atoms with Crippen LogP contribution in [0.4, 0.5) is 0 Å². The number of carboxylic acids is 2. The van der Waals surface area contributed by atoms with Crippen LogP contribution in [-0.4, -0.2) is 58.5 Å². The Morgan fingerprint density at radius 2 is 1.09 bits per heavy atom. The number of pyridine rings is 3. The zero-order chi connectivity index (χ0) is 23.4. The first kappa shape index (κ1) is 21.1. The number of rotatable bonds is 7. The smallest absolute Gasteiger partial charge is 0.337 e. The van der Waals surface area contributed by atoms with Gasteiger partial charge in [0.05, 0.1) is 17.3 Å². The van der Waals surface area contributed by atoms with Gasteiger partial charge in [-0.15, -0.1) is 0 Å². The largest absolute Gasteiger partial charge is 0.478 e. The Kier molecular flexibility index (Phi) is 5.72. The summed E-state index contributed by atoms with van der Waals surface area (Å²) in [5.41, 5.74) is 0.849. The maximum Gasteiger partial charge on any atom is 0.337 e. The van der Waals surface area contributed by atoms with E-state index >= 15 is 0 Å². The van der Waals surface area contributed by atoms with Crippen molar-refractivity contribution in [2.45, 2.75) is 0 Å². The Morgan fingerprint density at radius 3 is 1.39 bits per heavy atom. The molecule has 0 fully saturated rings. The van der Waals surface area contributed by atoms with E-state index in [9.17, 15) is 14.4 Å². The van der Waals surface area contributed by atoms with Crippen LogP contribution < -0.4 is 4.74 Å². The molecule has 0 radical (unpaired) electrons. The monoisotopic (exact) mass is 444 g/mol. The number of nitrogens with zero attached hydrogens (tertiary/aromatic N) is 6. The highest BCUT2D eigenvalue weighted by Gasteiger charge is 2.16. The fraction of sp³-hybridized carbons (Fsp3) is 0. The van der Waals surface area contributed by atoms with Gasteiger partial charge in [-0.1, -0.05) is 0 Å². The highest BCUT2D eigenvalue weighted by atomic mass is 16.5. The number of carboxylic acid groups (broad SMARTS) is 2. The van der Waals surface area contributed by atoms with Crippen molar-refractivity contribution in [3.05, 3.63) is 66.1 Å². The predicted molar refractivity (Wildman–Crippen MR) is 110 cm³/mol. The van der Waals surface area contributed by atoms with Crippen molar-refractivity contribution in [1.29, 1.82) is 0 Å². The van der Waals surface area contributed by atoms with Gasteiger partial charge in [0.25, 0.3) is 6.47 Å². The molecule has 0 unspecified atom stereocenters. The van der Waals surface area contributed by atoms with Crippen LogP contribution >= 0.6 is 0 Å². The SMILES string of the molecule is O=COc1ccc(-c2nc(-c3ccc(C(=O)O)cn3)nc(-c3ccc(C(=O)O)cn3)n2)nc1. The summed E-state index contributed by atoms with van der Waals surface area (Å²) in [7, 11) is 0. The molecule has 0 aliphatic rings. The Labute approximate surface area is 184 Å². The summed E-state index contributed by atoms with van der Waals surface area (Å²) < 4.78 is 4.73. The van der Waals surface area contributed by atoms with Gasteiger partial charge in [0.15, 0.2) is 17.5 Å². The van der Waals surface area contributed by atoms with Gasteiger partial charge in [0, 0.05) is 12.4 Å². The molecule has 0 saturated carbocycles. The van der Waals surface area contributed by atoms with Crippen LogP contribution in [0, 0.1) is 0 Å². The van der Waals surface area contributed by atoms with Crippen molar-refractivity contribution in [3.8, 4) is 40.3 Å². The predicted octanol–water partition coefficient (Wildman–Crippen LogP) is 1.99. The third-order valence-electron chi connectivity index (χ3n) is 4.26. The van der Waals surface area contributed by atoms with Gasteiger partial charge in [-0.25, -0.2) is 29.5 Å². The van der Waals surface area contributed by atoms with Crippen molar-refractivity contribution in [1.82, 2.24) is 29.9 Å². The van der Waals surface area contributed by atoms with Crippen LogP contribution in [0.2, 0.25) is 0 Å². The summed E-state index contributed by atoms with van der Waals surface area (Å²) >= 11 is 0. The zero-order valence-corrected chi connectivity index (χ0v) is 16.5. The first-order chi connectivity index (χ1) is 15.9. The van der Waals surface area contributed by atoms with Crippen LogP contribution in [0.3, 0.4) is 0 Å². The summed E-state index contributed by atoms with van der Waals surface area (Å²) in [5.74, 6) is -1.66. The first-order valence-corrected chi connectivity index (χ1v) is 9.17. The summed E-state index contributed by atoms with van der Waals surface area (Å²) in [6.07, 6.45) is 3.65. The van der Waals surface area contributed by atoms with E-state index in [-0.39, 0.29) is 52.2 Å². The van der Waals surface area contributed by atoms with E-state index in [4.69, 9.17) is 14.9 Å². The van der Waals surface area contributed by atoms with E-state index in [1.807, 2.05) is 0 Å². The molecule has 12 heteroatoms. The minimum absolute atomic E-state index is 0.00777. The average molecular weight is 444 g/mol. The number of aromatic carboxylic acids is 2. The van der Waals surface area contributed by atoms with Crippen LogP contribution in [0.1, 0.15) is 20.7 Å². The highest BCUT2D eigenvalue weighted by Crippen LogP contribution is 2.23. The van der Waals surface area contributed by atoms with Crippen molar-refractivity contribution < 1.29 is 29.3 Å². The summed E-state index contributed by atoms with van der Waals surface area (Å²) in [4.78, 5) is 58.2. The number of aromatic nitrogens is 6. The molecule has 33 heavy (non-hydrogen) atoms. The van der Waals surface area contributed by atoms with Gasteiger partial charge in [-0.2, -0.15) is 0 Å². The van der Waals surface area contributed by atoms with Gasteiger partial charge in [-0.05, 0) is 36.4 Å². The number of carbonyl (C=O) groups is 3. The molecule has 0 aromatic carbocycles. The molecule has 0 amide bonds. The molecule has 4 heterocycles. The van der Waals surface area contributed by atoms with E-state index in [0.717, 1.165) is 0 Å². The summed E-state index contributed by atoms with van der Waals surface area (Å²) in [5, 5.41) is 18.2. The minimum Gasteiger partial charge on any atom is -0.478 e. The molecule has 0 aliphatic carbocycles. The molecule has 2 N–H and O–H groups in total. The quantitative estimate of drug-likeness (QED) is 0.397. The van der Waals surface area contributed by atoms with Gasteiger partial charge >= 0.3 is 11.9 Å². The van der Waals surface area contributed by atoms with Crippen LogP contribution in [0.25, 0.3) is 34.6 Å². The Balaban J connectivity index is 1.82. The third-order valence-corrected chi connectivity index (χ3v) is 4.26. The van der Waals surface area contributed by atoms with Crippen LogP contribution in [0.15, 0.2) is 55.0 Å². The topological polar surface area (TPSA) is 178 Å². The lowest BCUT2D eigenvalue weighted by Crippen LogP contribution is -2.04. The number of carbonyl (C=O) groups excluding carboxylic acids is 1. The van der Waals surface area contributed by atoms with Crippen LogP contribution in [-0.2, 0) is 4.79 Å². The highest BCUT2D eigenvalue weighted by molar-refractivity contribution is 5.88. The Morgan fingerprint density at radius 1 is 0.667 bits per heavy atom. The lowest BCUT2D eigenvalue weighted by molar-refractivity contribution is -0.120. The van der Waals surface area contributed by atoms with Crippen molar-refractivity contribution in [2.75, 3.05) is 0 Å². The van der Waals surface area contributed by atoms with Crippen LogP contribution in [0.5, 0.6) is 5.75 Å². The second-order valence-electron chi connectivity index (χ2n) is 6.37. The molecule has 4 aromatic rings. The Bertz CT molecular complexity index is 1270. The molecule has 12 nitrogen and oxygen atoms in total. The van der Waals surface area contributed by atoms with Crippen molar-refractivity contribution in [2.24, 2.45) is 0 Å². The summed E-state index contributed by atoms with van der Waals surface area (Å²) in [6.45, 7) is 0.273. The standard InChI is InChI=1S/C21H12N6O6/c28-10-33-13-3-6-16(24-9-13)19-26-17(14-4-1-11(7-22-14)20(29)30)25-18(27-19)15-5-2-12(8-23-15)21(31)32/h1-10H,(H,29,30)(H,31,32). The molecule has 162 valence electrons. The average Bonchev–Trinajstić information content (AvgIpc) is 2.84. The van der Waals surface area contributed by atoms with E-state index in [1.165, 1.54) is 55.0 Å². The lowest BCUT2D eigenvalue weighted by Gasteiger charge is -2.07. The minimum atomic E-state index is -1.13.